The van der Waals surface area contributed by atoms with Gasteiger partial charge in [-0.25, -0.2) is 4.39 Å². The first-order valence-corrected chi connectivity index (χ1v) is 6.51. The molecule has 1 aromatic carbocycles. The summed E-state index contributed by atoms with van der Waals surface area (Å²) in [7, 11) is 0. The van der Waals surface area contributed by atoms with Crippen molar-refractivity contribution in [1.82, 2.24) is 5.32 Å². The van der Waals surface area contributed by atoms with Gasteiger partial charge in [-0.2, -0.15) is 0 Å². The highest BCUT2D eigenvalue weighted by atomic mass is 79.9. The van der Waals surface area contributed by atoms with Crippen LogP contribution in [0.5, 0.6) is 0 Å². The lowest BCUT2D eigenvalue weighted by Gasteiger charge is -2.21. The predicted octanol–water partition coefficient (Wildman–Crippen LogP) is 3.94. The lowest BCUT2D eigenvalue weighted by molar-refractivity contribution is 0.439. The first-order valence-electron chi connectivity index (χ1n) is 5.72. The van der Waals surface area contributed by atoms with Crippen LogP contribution in [0, 0.1) is 11.7 Å². The summed E-state index contributed by atoms with van der Waals surface area (Å²) >= 11 is 3.23. The lowest BCUT2D eigenvalue weighted by Crippen LogP contribution is -2.24. The van der Waals surface area contributed by atoms with Crippen molar-refractivity contribution < 1.29 is 4.39 Å². The summed E-state index contributed by atoms with van der Waals surface area (Å²) in [5.74, 6) is 0.513. The third-order valence-electron chi connectivity index (χ3n) is 3.04. The third-order valence-corrected chi connectivity index (χ3v) is 3.65. The molecule has 0 radical (unpaired) electrons. The van der Waals surface area contributed by atoms with Crippen molar-refractivity contribution in [3.05, 3.63) is 34.1 Å². The number of hydrogen-bond acceptors (Lipinski definition) is 1. The summed E-state index contributed by atoms with van der Waals surface area (Å²) in [4.78, 5) is 0. The monoisotopic (exact) mass is 287 g/mol. The van der Waals surface area contributed by atoms with E-state index in [1.165, 1.54) is 0 Å². The van der Waals surface area contributed by atoms with Crippen LogP contribution in [0.15, 0.2) is 22.7 Å². The minimum Gasteiger partial charge on any atom is -0.317 e. The molecule has 2 atom stereocenters. The van der Waals surface area contributed by atoms with Gasteiger partial charge in [0, 0.05) is 0 Å². The number of benzene rings is 1. The van der Waals surface area contributed by atoms with Crippen LogP contribution >= 0.6 is 15.9 Å². The van der Waals surface area contributed by atoms with Gasteiger partial charge in [0.15, 0.2) is 0 Å². The Balaban J connectivity index is 2.79. The summed E-state index contributed by atoms with van der Waals surface area (Å²) in [6.45, 7) is 8.18. The summed E-state index contributed by atoms with van der Waals surface area (Å²) in [6, 6.07) is 5.49. The molecular formula is C13H19BrFN. The van der Waals surface area contributed by atoms with Gasteiger partial charge in [0.1, 0.15) is 5.82 Å². The average molecular weight is 288 g/mol. The van der Waals surface area contributed by atoms with Crippen molar-refractivity contribution >= 4 is 15.9 Å². The van der Waals surface area contributed by atoms with Crippen LogP contribution in [0.4, 0.5) is 4.39 Å². The van der Waals surface area contributed by atoms with Crippen LogP contribution in [-0.2, 0) is 0 Å². The molecule has 0 fully saturated rings. The van der Waals surface area contributed by atoms with E-state index in [0.29, 0.717) is 10.4 Å². The van der Waals surface area contributed by atoms with Crippen molar-refractivity contribution in [2.24, 2.45) is 5.92 Å². The fourth-order valence-electron chi connectivity index (χ4n) is 1.73. The van der Waals surface area contributed by atoms with Crippen LogP contribution in [0.1, 0.15) is 32.3 Å². The van der Waals surface area contributed by atoms with Crippen LogP contribution in [0.2, 0.25) is 0 Å². The van der Waals surface area contributed by atoms with Gasteiger partial charge in [0.25, 0.3) is 0 Å². The van der Waals surface area contributed by atoms with E-state index in [0.717, 1.165) is 18.7 Å². The molecule has 2 unspecified atom stereocenters. The molecule has 0 saturated heterocycles. The molecule has 1 N–H and O–H groups in total. The molecule has 0 aromatic heterocycles. The van der Waals surface area contributed by atoms with Gasteiger partial charge >= 0.3 is 0 Å². The molecule has 0 aliphatic heterocycles. The Morgan fingerprint density at radius 1 is 1.38 bits per heavy atom. The van der Waals surface area contributed by atoms with Crippen LogP contribution in [-0.4, -0.2) is 13.1 Å². The van der Waals surface area contributed by atoms with E-state index in [9.17, 15) is 4.39 Å². The molecule has 0 spiro atoms. The van der Waals surface area contributed by atoms with E-state index in [1.807, 2.05) is 12.1 Å². The quantitative estimate of drug-likeness (QED) is 0.865. The van der Waals surface area contributed by atoms with Gasteiger partial charge in [-0.15, -0.1) is 0 Å². The second-order valence-corrected chi connectivity index (χ2v) is 5.07. The third kappa shape index (κ3) is 3.29. The second-order valence-electron chi connectivity index (χ2n) is 4.22. The first-order chi connectivity index (χ1) is 7.57. The highest BCUT2D eigenvalue weighted by Crippen LogP contribution is 2.29. The fourth-order valence-corrected chi connectivity index (χ4v) is 2.11. The number of rotatable bonds is 5. The molecule has 3 heteroatoms. The average Bonchev–Trinajstić information content (AvgIpc) is 2.28. The van der Waals surface area contributed by atoms with Crippen LogP contribution in [0.25, 0.3) is 0 Å². The van der Waals surface area contributed by atoms with E-state index in [1.54, 1.807) is 6.07 Å². The standard InChI is InChI=1S/C13H19BrFN/c1-4-16-8-9(2)10(3)11-6-5-7-12(14)13(11)15/h5-7,9-10,16H,4,8H2,1-3H3. The lowest BCUT2D eigenvalue weighted by atomic mass is 9.88. The van der Waals surface area contributed by atoms with E-state index in [-0.39, 0.29) is 11.7 Å². The maximum Gasteiger partial charge on any atom is 0.140 e. The van der Waals surface area contributed by atoms with Gasteiger partial charge in [0.05, 0.1) is 4.47 Å². The smallest absolute Gasteiger partial charge is 0.140 e. The van der Waals surface area contributed by atoms with Gasteiger partial charge in [-0.3, -0.25) is 0 Å². The van der Waals surface area contributed by atoms with E-state index >= 15 is 0 Å². The topological polar surface area (TPSA) is 12.0 Å². The zero-order valence-electron chi connectivity index (χ0n) is 10.1. The minimum absolute atomic E-state index is 0.127. The highest BCUT2D eigenvalue weighted by Gasteiger charge is 2.18. The summed E-state index contributed by atoms with van der Waals surface area (Å²) < 4.78 is 14.4. The van der Waals surface area contributed by atoms with Gasteiger partial charge in [-0.05, 0) is 52.5 Å². The molecule has 0 aliphatic rings. The van der Waals surface area contributed by atoms with Crippen molar-refractivity contribution in [2.75, 3.05) is 13.1 Å². The van der Waals surface area contributed by atoms with Gasteiger partial charge in [-0.1, -0.05) is 32.9 Å². The molecule has 1 nitrogen and oxygen atoms in total. The zero-order chi connectivity index (χ0) is 12.1. The largest absolute Gasteiger partial charge is 0.317 e. The zero-order valence-corrected chi connectivity index (χ0v) is 11.6. The fraction of sp³-hybridized carbons (Fsp3) is 0.538. The summed E-state index contributed by atoms with van der Waals surface area (Å²) in [5, 5.41) is 3.30. The van der Waals surface area contributed by atoms with E-state index < -0.39 is 0 Å². The molecule has 0 saturated carbocycles. The maximum atomic E-state index is 13.9. The van der Waals surface area contributed by atoms with Crippen molar-refractivity contribution in [2.45, 2.75) is 26.7 Å². The minimum atomic E-state index is -0.127. The SMILES string of the molecule is CCNCC(C)C(C)c1cccc(Br)c1F. The Morgan fingerprint density at radius 2 is 2.06 bits per heavy atom. The van der Waals surface area contributed by atoms with Crippen molar-refractivity contribution in [3.8, 4) is 0 Å². The molecule has 0 amide bonds. The Hall–Kier alpha value is -0.410. The molecule has 0 heterocycles. The highest BCUT2D eigenvalue weighted by molar-refractivity contribution is 9.10. The molecule has 0 bridgehead atoms. The molecule has 1 rings (SSSR count). The molecule has 90 valence electrons. The normalized spacial score (nSPS) is 14.8. The van der Waals surface area contributed by atoms with E-state index in [2.05, 4.69) is 42.0 Å². The Bertz CT molecular complexity index is 341. The molecule has 0 aliphatic carbocycles. The van der Waals surface area contributed by atoms with E-state index in [4.69, 9.17) is 0 Å². The number of nitrogens with one attached hydrogen (secondary N) is 1. The molecular weight excluding hydrogens is 269 g/mol. The van der Waals surface area contributed by atoms with Crippen LogP contribution < -0.4 is 5.32 Å². The number of halogens is 2. The number of hydrogen-bond donors (Lipinski definition) is 1. The summed E-state index contributed by atoms with van der Waals surface area (Å²) in [6.07, 6.45) is 0. The predicted molar refractivity (Wildman–Crippen MR) is 70.2 cm³/mol. The molecule has 1 aromatic rings. The summed E-state index contributed by atoms with van der Waals surface area (Å²) in [5.41, 5.74) is 0.791. The second kappa shape index (κ2) is 6.36. The van der Waals surface area contributed by atoms with Crippen LogP contribution in [0.3, 0.4) is 0 Å². The van der Waals surface area contributed by atoms with Gasteiger partial charge < -0.3 is 5.32 Å². The molecule has 16 heavy (non-hydrogen) atoms. The van der Waals surface area contributed by atoms with Gasteiger partial charge in [0.2, 0.25) is 0 Å². The Morgan fingerprint density at radius 3 is 2.69 bits per heavy atom. The van der Waals surface area contributed by atoms with Crippen molar-refractivity contribution in [3.63, 3.8) is 0 Å². The Labute approximate surface area is 106 Å². The Kier molecular flexibility index (Phi) is 5.42. The van der Waals surface area contributed by atoms with Crippen molar-refractivity contribution in [1.29, 1.82) is 0 Å². The maximum absolute atomic E-state index is 13.9. The first kappa shape index (κ1) is 13.7.